The van der Waals surface area contributed by atoms with Crippen molar-refractivity contribution >= 4 is 38.4 Å². The Labute approximate surface area is 248 Å². The summed E-state index contributed by atoms with van der Waals surface area (Å²) in [6, 6.07) is 13.6. The summed E-state index contributed by atoms with van der Waals surface area (Å²) in [5.74, 6) is -0.213. The summed E-state index contributed by atoms with van der Waals surface area (Å²) in [5.41, 5.74) is 2.46. The van der Waals surface area contributed by atoms with E-state index in [4.69, 9.17) is 5.26 Å². The Morgan fingerprint density at radius 2 is 1.78 bits per heavy atom. The first kappa shape index (κ1) is 31.4. The van der Waals surface area contributed by atoms with Gasteiger partial charge in [0.05, 0.1) is 22.2 Å². The lowest BCUT2D eigenvalue weighted by atomic mass is 9.99. The molecule has 214 valence electrons. The number of benzene rings is 2. The third-order valence-corrected chi connectivity index (χ3v) is 7.48. The van der Waals surface area contributed by atoms with Gasteiger partial charge in [0.25, 0.3) is 11.5 Å². The second-order valence-corrected chi connectivity index (χ2v) is 9.74. The zero-order chi connectivity index (χ0) is 30.1. The maximum absolute atomic E-state index is 14.8. The van der Waals surface area contributed by atoms with Crippen LogP contribution in [0.5, 0.6) is 0 Å². The maximum Gasteiger partial charge on any atom is 0.272 e. The number of anilines is 1. The van der Waals surface area contributed by atoms with Gasteiger partial charge in [0.1, 0.15) is 17.7 Å². The quantitative estimate of drug-likeness (QED) is 0.300. The lowest BCUT2D eigenvalue weighted by molar-refractivity contribution is 0.0741. The summed E-state index contributed by atoms with van der Waals surface area (Å²) in [5, 5.41) is 17.0. The molecule has 8 nitrogen and oxygen atoms in total. The van der Waals surface area contributed by atoms with Gasteiger partial charge in [-0.2, -0.15) is 10.4 Å². The minimum Gasteiger partial charge on any atom is -0.353 e. The molecular formula is C31H34BrFN6O2. The Kier molecular flexibility index (Phi) is 11.1. The summed E-state index contributed by atoms with van der Waals surface area (Å²) in [4.78, 5) is 33.5. The highest BCUT2D eigenvalue weighted by Gasteiger charge is 2.25. The van der Waals surface area contributed by atoms with Crippen LogP contribution in [-0.4, -0.2) is 52.2 Å². The lowest BCUT2D eigenvalue weighted by Gasteiger charge is -2.35. The van der Waals surface area contributed by atoms with Gasteiger partial charge < -0.3 is 9.80 Å². The highest BCUT2D eigenvalue weighted by molar-refractivity contribution is 9.10. The van der Waals surface area contributed by atoms with Crippen LogP contribution in [0.2, 0.25) is 0 Å². The van der Waals surface area contributed by atoms with Gasteiger partial charge in [-0.3, -0.25) is 9.59 Å². The second kappa shape index (κ2) is 14.5. The third-order valence-electron chi connectivity index (χ3n) is 6.63. The average Bonchev–Trinajstić information content (AvgIpc) is 3.03. The van der Waals surface area contributed by atoms with Crippen LogP contribution in [0.15, 0.2) is 57.9 Å². The minimum atomic E-state index is -0.580. The van der Waals surface area contributed by atoms with Crippen LogP contribution >= 0.6 is 15.9 Å². The number of hydrogen-bond acceptors (Lipinski definition) is 6. The largest absolute Gasteiger partial charge is 0.353 e. The van der Waals surface area contributed by atoms with E-state index in [0.717, 1.165) is 21.2 Å². The van der Waals surface area contributed by atoms with Crippen molar-refractivity contribution in [1.29, 1.82) is 5.26 Å². The van der Waals surface area contributed by atoms with Gasteiger partial charge in [-0.05, 0) is 54.4 Å². The summed E-state index contributed by atoms with van der Waals surface area (Å²) >= 11 is 3.51. The van der Waals surface area contributed by atoms with E-state index in [0.29, 0.717) is 54.8 Å². The van der Waals surface area contributed by atoms with E-state index in [-0.39, 0.29) is 17.0 Å². The number of aryl methyl sites for hydroxylation is 1. The van der Waals surface area contributed by atoms with Gasteiger partial charge in [0.15, 0.2) is 0 Å². The normalized spacial score (nSPS) is 12.5. The molecule has 5 rings (SSSR count). The summed E-state index contributed by atoms with van der Waals surface area (Å²) in [6.45, 7) is 11.8. The number of aromatic nitrogens is 3. The van der Waals surface area contributed by atoms with E-state index in [2.05, 4.69) is 31.1 Å². The number of amides is 1. The number of halogens is 2. The average molecular weight is 622 g/mol. The molecule has 4 aromatic rings. The lowest BCUT2D eigenvalue weighted by Crippen LogP contribution is -2.49. The van der Waals surface area contributed by atoms with Crippen molar-refractivity contribution in [2.75, 3.05) is 31.1 Å². The molecule has 0 saturated carbocycles. The fraction of sp³-hybridized carbons (Fsp3) is 0.323. The Morgan fingerprint density at radius 1 is 1.07 bits per heavy atom. The van der Waals surface area contributed by atoms with Gasteiger partial charge in [-0.1, -0.05) is 49.7 Å². The molecule has 0 radical (unpaired) electrons. The molecule has 0 atom stereocenters. The van der Waals surface area contributed by atoms with Crippen molar-refractivity contribution in [1.82, 2.24) is 20.1 Å². The molecule has 2 aromatic heterocycles. The first-order valence-corrected chi connectivity index (χ1v) is 14.5. The zero-order valence-electron chi connectivity index (χ0n) is 24.0. The molecular weight excluding hydrogens is 587 g/mol. The number of pyridine rings is 1. The molecule has 0 bridgehead atoms. The predicted octanol–water partition coefficient (Wildman–Crippen LogP) is 6.01. The molecule has 2 aromatic carbocycles. The molecule has 3 heterocycles. The van der Waals surface area contributed by atoms with Crippen molar-refractivity contribution in [3.05, 3.63) is 97.3 Å². The van der Waals surface area contributed by atoms with E-state index in [1.807, 2.05) is 51.7 Å². The molecule has 1 N–H and O–H groups in total. The molecule has 1 saturated heterocycles. The van der Waals surface area contributed by atoms with Crippen LogP contribution in [0.25, 0.3) is 10.8 Å². The number of H-pyrrole nitrogens is 1. The van der Waals surface area contributed by atoms with E-state index in [1.165, 1.54) is 12.3 Å². The highest BCUT2D eigenvalue weighted by atomic mass is 79.9. The SMILES string of the molecule is CC.CC.Cc1c(Br)ccc2c(=O)[nH]nc(Cc3ccc(F)c(C(=O)N4CCN(c5ccc(C#N)cn5)CC4)c3)c12. The number of rotatable bonds is 4. The molecule has 0 unspecified atom stereocenters. The van der Waals surface area contributed by atoms with Crippen LogP contribution in [0.3, 0.4) is 0 Å². The molecule has 0 spiro atoms. The molecule has 41 heavy (non-hydrogen) atoms. The van der Waals surface area contributed by atoms with Gasteiger partial charge in [-0.25, -0.2) is 14.5 Å². The third kappa shape index (κ3) is 6.98. The van der Waals surface area contributed by atoms with Crippen molar-refractivity contribution in [2.45, 2.75) is 41.0 Å². The van der Waals surface area contributed by atoms with Crippen molar-refractivity contribution in [2.24, 2.45) is 0 Å². The standard InChI is InChI=1S/C27H22BrFN6O2.2C2H6/c1-16-21(28)5-4-19-25(16)23(32-33-26(19)36)13-17-2-6-22(29)20(12-17)27(37)35-10-8-34(9-11-35)24-7-3-18(14-30)15-31-24;2*1-2/h2-7,12,15H,8-11,13H2,1H3,(H,33,36);2*1-2H3. The summed E-state index contributed by atoms with van der Waals surface area (Å²) in [7, 11) is 0. The van der Waals surface area contributed by atoms with Gasteiger partial charge in [-0.15, -0.1) is 0 Å². The van der Waals surface area contributed by atoms with Gasteiger partial charge in [0.2, 0.25) is 0 Å². The molecule has 10 heteroatoms. The van der Waals surface area contributed by atoms with E-state index in [1.54, 1.807) is 35.2 Å². The molecule has 1 aliphatic rings. The predicted molar refractivity (Wildman–Crippen MR) is 164 cm³/mol. The van der Waals surface area contributed by atoms with Crippen molar-refractivity contribution in [3.63, 3.8) is 0 Å². The molecule has 1 fully saturated rings. The first-order valence-electron chi connectivity index (χ1n) is 13.7. The number of fused-ring (bicyclic) bond motifs is 1. The van der Waals surface area contributed by atoms with Gasteiger partial charge in [0, 0.05) is 48.7 Å². The van der Waals surface area contributed by atoms with Crippen LogP contribution in [-0.2, 0) is 6.42 Å². The number of nitriles is 1. The van der Waals surface area contributed by atoms with Crippen LogP contribution in [0.1, 0.15) is 60.4 Å². The monoisotopic (exact) mass is 620 g/mol. The van der Waals surface area contributed by atoms with E-state index >= 15 is 0 Å². The van der Waals surface area contributed by atoms with Crippen molar-refractivity contribution in [3.8, 4) is 6.07 Å². The van der Waals surface area contributed by atoms with E-state index in [9.17, 15) is 14.0 Å². The Bertz CT molecular complexity index is 1610. The summed E-state index contributed by atoms with van der Waals surface area (Å²) in [6.07, 6.45) is 1.84. The smallest absolute Gasteiger partial charge is 0.272 e. The second-order valence-electron chi connectivity index (χ2n) is 8.88. The number of nitrogens with zero attached hydrogens (tertiary/aromatic N) is 5. The maximum atomic E-state index is 14.8. The van der Waals surface area contributed by atoms with Crippen LogP contribution < -0.4 is 10.5 Å². The summed E-state index contributed by atoms with van der Waals surface area (Å²) < 4.78 is 15.6. The fourth-order valence-corrected chi connectivity index (χ4v) is 4.93. The topological polar surface area (TPSA) is 106 Å². The number of hydrogen-bond donors (Lipinski definition) is 1. The highest BCUT2D eigenvalue weighted by Crippen LogP contribution is 2.27. The van der Waals surface area contributed by atoms with Crippen LogP contribution in [0.4, 0.5) is 10.2 Å². The zero-order valence-corrected chi connectivity index (χ0v) is 25.5. The molecule has 1 aliphatic heterocycles. The number of aromatic amines is 1. The first-order chi connectivity index (χ1) is 19.9. The number of nitrogens with one attached hydrogen (secondary N) is 1. The number of carbonyl (C=O) groups excluding carboxylic acids is 1. The van der Waals surface area contributed by atoms with Gasteiger partial charge >= 0.3 is 0 Å². The molecule has 0 aliphatic carbocycles. The Balaban J connectivity index is 0.00000111. The van der Waals surface area contributed by atoms with Crippen molar-refractivity contribution < 1.29 is 9.18 Å². The Hall–Kier alpha value is -4.10. The van der Waals surface area contributed by atoms with E-state index < -0.39 is 5.82 Å². The Morgan fingerprint density at radius 3 is 2.41 bits per heavy atom. The molecule has 1 amide bonds. The minimum absolute atomic E-state index is 0.00841. The van der Waals surface area contributed by atoms with Crippen LogP contribution in [0, 0.1) is 24.1 Å². The number of carbonyl (C=O) groups is 1. The number of piperazine rings is 1. The fourth-order valence-electron chi connectivity index (χ4n) is 4.60.